The standard InChI is InChI=1S/C17H20NO6P/c1-4-23-25(22,24-5-2)16(17(20)21)10-13-11-18(12(3)19)15-9-7-6-8-14(13)15/h6-11H,4-5H2,1-3H3,(H,20,21)/b16-10+. The largest absolute Gasteiger partial charge is 0.477 e. The van der Waals surface area contributed by atoms with Gasteiger partial charge in [-0.3, -0.25) is 13.9 Å². The molecule has 0 aliphatic rings. The molecule has 0 spiro atoms. The normalized spacial score (nSPS) is 12.5. The average Bonchev–Trinajstić information content (AvgIpc) is 2.91. The van der Waals surface area contributed by atoms with Crippen LogP contribution in [0.5, 0.6) is 0 Å². The van der Waals surface area contributed by atoms with Crippen molar-refractivity contribution in [3.63, 3.8) is 0 Å². The highest BCUT2D eigenvalue weighted by molar-refractivity contribution is 7.60. The van der Waals surface area contributed by atoms with E-state index in [2.05, 4.69) is 0 Å². The van der Waals surface area contributed by atoms with Crippen molar-refractivity contribution in [1.82, 2.24) is 4.57 Å². The summed E-state index contributed by atoms with van der Waals surface area (Å²) in [4.78, 5) is 23.5. The summed E-state index contributed by atoms with van der Waals surface area (Å²) in [5, 5.41) is 9.73. The molecule has 1 N–H and O–H groups in total. The van der Waals surface area contributed by atoms with Crippen LogP contribution < -0.4 is 0 Å². The molecule has 25 heavy (non-hydrogen) atoms. The number of carbonyl (C=O) groups excluding carboxylic acids is 1. The van der Waals surface area contributed by atoms with Crippen molar-refractivity contribution < 1.29 is 28.3 Å². The van der Waals surface area contributed by atoms with Gasteiger partial charge in [0.25, 0.3) is 0 Å². The van der Waals surface area contributed by atoms with Crippen molar-refractivity contribution in [1.29, 1.82) is 0 Å². The van der Waals surface area contributed by atoms with E-state index in [4.69, 9.17) is 9.05 Å². The maximum Gasteiger partial charge on any atom is 0.368 e. The number of hydrogen-bond donors (Lipinski definition) is 1. The Morgan fingerprint density at radius 1 is 1.20 bits per heavy atom. The van der Waals surface area contributed by atoms with Gasteiger partial charge in [0, 0.05) is 24.1 Å². The fourth-order valence-electron chi connectivity index (χ4n) is 2.50. The van der Waals surface area contributed by atoms with Gasteiger partial charge in [0.2, 0.25) is 5.91 Å². The smallest absolute Gasteiger partial charge is 0.368 e. The third-order valence-electron chi connectivity index (χ3n) is 3.49. The zero-order valence-electron chi connectivity index (χ0n) is 14.3. The average molecular weight is 365 g/mol. The van der Waals surface area contributed by atoms with Crippen molar-refractivity contribution >= 4 is 36.5 Å². The van der Waals surface area contributed by atoms with Gasteiger partial charge in [-0.25, -0.2) is 4.79 Å². The van der Waals surface area contributed by atoms with E-state index in [1.165, 1.54) is 23.8 Å². The SMILES string of the molecule is CCOP(=O)(OCC)/C(=C/c1cn(C(C)=O)c2ccccc12)C(=O)O. The van der Waals surface area contributed by atoms with Crippen molar-refractivity contribution in [3.8, 4) is 0 Å². The molecule has 0 bridgehead atoms. The molecule has 0 amide bonds. The number of aliphatic carboxylic acids is 1. The number of aromatic nitrogens is 1. The van der Waals surface area contributed by atoms with E-state index in [0.717, 1.165) is 0 Å². The number of para-hydroxylation sites is 1. The molecule has 1 aromatic carbocycles. The molecule has 0 unspecified atom stereocenters. The van der Waals surface area contributed by atoms with Crippen LogP contribution in [0.25, 0.3) is 17.0 Å². The molecule has 2 rings (SSSR count). The molecule has 134 valence electrons. The van der Waals surface area contributed by atoms with Crippen molar-refractivity contribution in [3.05, 3.63) is 41.3 Å². The monoisotopic (exact) mass is 365 g/mol. The molecule has 0 radical (unpaired) electrons. The molecule has 2 aromatic rings. The van der Waals surface area contributed by atoms with Gasteiger partial charge in [-0.2, -0.15) is 0 Å². The van der Waals surface area contributed by atoms with E-state index in [1.54, 1.807) is 38.1 Å². The van der Waals surface area contributed by atoms with Gasteiger partial charge in [0.05, 0.1) is 18.7 Å². The fraction of sp³-hybridized carbons (Fsp3) is 0.294. The lowest BCUT2D eigenvalue weighted by atomic mass is 10.1. The second-order valence-electron chi connectivity index (χ2n) is 5.16. The quantitative estimate of drug-likeness (QED) is 0.589. The van der Waals surface area contributed by atoms with Gasteiger partial charge in [0.15, 0.2) is 0 Å². The fourth-order valence-corrected chi connectivity index (χ4v) is 4.07. The van der Waals surface area contributed by atoms with Crippen LogP contribution in [0, 0.1) is 0 Å². The third-order valence-corrected chi connectivity index (χ3v) is 5.59. The lowest BCUT2D eigenvalue weighted by Gasteiger charge is -2.17. The molecule has 8 heteroatoms. The Kier molecular flexibility index (Phi) is 5.95. The summed E-state index contributed by atoms with van der Waals surface area (Å²) >= 11 is 0. The first-order chi connectivity index (χ1) is 11.8. The number of benzene rings is 1. The van der Waals surface area contributed by atoms with E-state index in [0.29, 0.717) is 16.5 Å². The van der Waals surface area contributed by atoms with Crippen LogP contribution in [-0.4, -0.2) is 34.8 Å². The van der Waals surface area contributed by atoms with Crippen LogP contribution in [0.2, 0.25) is 0 Å². The minimum absolute atomic E-state index is 0.0388. The van der Waals surface area contributed by atoms with Gasteiger partial charge in [-0.15, -0.1) is 0 Å². The first-order valence-corrected chi connectivity index (χ1v) is 9.34. The zero-order valence-corrected chi connectivity index (χ0v) is 15.2. The number of nitrogens with zero attached hydrogens (tertiary/aromatic N) is 1. The number of carboxylic acid groups (broad SMARTS) is 1. The van der Waals surface area contributed by atoms with Gasteiger partial charge in [-0.05, 0) is 26.0 Å². The molecule has 0 aliphatic carbocycles. The predicted octanol–water partition coefficient (Wildman–Crippen LogP) is 3.99. The first-order valence-electron chi connectivity index (χ1n) is 7.79. The van der Waals surface area contributed by atoms with Crippen LogP contribution in [0.1, 0.15) is 31.1 Å². The van der Waals surface area contributed by atoms with E-state index in [-0.39, 0.29) is 19.1 Å². The maximum atomic E-state index is 12.9. The van der Waals surface area contributed by atoms with Crippen molar-refractivity contribution in [2.24, 2.45) is 0 Å². The Morgan fingerprint density at radius 3 is 2.32 bits per heavy atom. The van der Waals surface area contributed by atoms with Crippen molar-refractivity contribution in [2.45, 2.75) is 20.8 Å². The van der Waals surface area contributed by atoms with Crippen LogP contribution >= 0.6 is 7.60 Å². The minimum Gasteiger partial charge on any atom is -0.477 e. The molecular weight excluding hydrogens is 345 g/mol. The second kappa shape index (κ2) is 7.78. The van der Waals surface area contributed by atoms with Gasteiger partial charge >= 0.3 is 13.6 Å². The van der Waals surface area contributed by atoms with E-state index >= 15 is 0 Å². The number of hydrogen-bond acceptors (Lipinski definition) is 5. The molecule has 0 aliphatic heterocycles. The summed E-state index contributed by atoms with van der Waals surface area (Å²) in [6, 6.07) is 7.06. The highest BCUT2D eigenvalue weighted by Gasteiger charge is 2.35. The molecule has 1 aromatic heterocycles. The molecular formula is C17H20NO6P. The van der Waals surface area contributed by atoms with E-state index < -0.39 is 18.9 Å². The van der Waals surface area contributed by atoms with Gasteiger partial charge in [0.1, 0.15) is 5.31 Å². The molecule has 0 saturated carbocycles. The molecule has 0 saturated heterocycles. The molecule has 0 fully saturated rings. The summed E-state index contributed by atoms with van der Waals surface area (Å²) < 4.78 is 24.6. The zero-order chi connectivity index (χ0) is 18.6. The lowest BCUT2D eigenvalue weighted by molar-refractivity contribution is -0.132. The number of carboxylic acids is 1. The number of carbonyl (C=O) groups is 2. The molecule has 7 nitrogen and oxygen atoms in total. The van der Waals surface area contributed by atoms with Crippen LogP contribution in [0.15, 0.2) is 35.8 Å². The van der Waals surface area contributed by atoms with Gasteiger partial charge in [-0.1, -0.05) is 18.2 Å². The van der Waals surface area contributed by atoms with Crippen LogP contribution in [0.4, 0.5) is 0 Å². The summed E-state index contributed by atoms with van der Waals surface area (Å²) in [6.45, 7) is 4.69. The Morgan fingerprint density at radius 2 is 1.80 bits per heavy atom. The van der Waals surface area contributed by atoms with Crippen LogP contribution in [-0.2, 0) is 18.4 Å². The number of rotatable bonds is 7. The Bertz CT molecular complexity index is 872. The topological polar surface area (TPSA) is 94.8 Å². The lowest BCUT2D eigenvalue weighted by Crippen LogP contribution is -2.07. The Balaban J connectivity index is 2.70. The third kappa shape index (κ3) is 3.90. The minimum atomic E-state index is -3.98. The maximum absolute atomic E-state index is 12.9. The number of fused-ring (bicyclic) bond motifs is 1. The highest BCUT2D eigenvalue weighted by atomic mass is 31.2. The molecule has 1 heterocycles. The van der Waals surface area contributed by atoms with Crippen LogP contribution in [0.3, 0.4) is 0 Å². The van der Waals surface area contributed by atoms with E-state index in [9.17, 15) is 19.3 Å². The van der Waals surface area contributed by atoms with Gasteiger partial charge < -0.3 is 14.2 Å². The Labute approximate surface area is 145 Å². The summed E-state index contributed by atoms with van der Waals surface area (Å²) in [5.41, 5.74) is 1.08. The highest BCUT2D eigenvalue weighted by Crippen LogP contribution is 2.56. The second-order valence-corrected chi connectivity index (χ2v) is 7.15. The van der Waals surface area contributed by atoms with E-state index in [1.807, 2.05) is 0 Å². The summed E-state index contributed by atoms with van der Waals surface area (Å²) in [6.07, 6.45) is 2.76. The summed E-state index contributed by atoms with van der Waals surface area (Å²) in [7, 11) is -3.98. The molecule has 0 atom stereocenters. The predicted molar refractivity (Wildman–Crippen MR) is 94.7 cm³/mol. The van der Waals surface area contributed by atoms with Crippen molar-refractivity contribution in [2.75, 3.05) is 13.2 Å². The summed E-state index contributed by atoms with van der Waals surface area (Å²) in [5.74, 6) is -1.62. The first kappa shape index (κ1) is 19.1. The Hall–Kier alpha value is -2.21.